The Kier molecular flexibility index (Phi) is 4.73. The van der Waals surface area contributed by atoms with E-state index in [4.69, 9.17) is 4.74 Å². The van der Waals surface area contributed by atoms with Gasteiger partial charge in [0.25, 0.3) is 0 Å². The molecule has 0 aliphatic heterocycles. The summed E-state index contributed by atoms with van der Waals surface area (Å²) < 4.78 is 6.19. The van der Waals surface area contributed by atoms with Crippen LogP contribution in [-0.2, 0) is 13.1 Å². The van der Waals surface area contributed by atoms with Gasteiger partial charge >= 0.3 is 0 Å². The van der Waals surface area contributed by atoms with Crippen molar-refractivity contribution < 1.29 is 4.74 Å². The van der Waals surface area contributed by atoms with Crippen LogP contribution in [0.5, 0.6) is 5.88 Å². The number of hydrogen-bond acceptors (Lipinski definition) is 3. The van der Waals surface area contributed by atoms with Crippen molar-refractivity contribution in [3.63, 3.8) is 0 Å². The fourth-order valence-electron chi connectivity index (χ4n) is 1.65. The van der Waals surface area contributed by atoms with Gasteiger partial charge in [-0.05, 0) is 23.8 Å². The summed E-state index contributed by atoms with van der Waals surface area (Å²) in [5.41, 5.74) is 2.22. The number of benzene rings is 1. The molecule has 4 heteroatoms. The topological polar surface area (TPSA) is 34.1 Å². The fourth-order valence-corrected chi connectivity index (χ4v) is 2.10. The van der Waals surface area contributed by atoms with Crippen LogP contribution in [-0.4, -0.2) is 12.1 Å². The fraction of sp³-hybridized carbons (Fsp3) is 0.214. The Morgan fingerprint density at radius 3 is 2.78 bits per heavy atom. The molecule has 0 bridgehead atoms. The zero-order chi connectivity index (χ0) is 12.8. The van der Waals surface area contributed by atoms with Gasteiger partial charge in [0.1, 0.15) is 0 Å². The Balaban J connectivity index is 1.88. The average Bonchev–Trinajstić information content (AvgIpc) is 2.39. The van der Waals surface area contributed by atoms with Crippen LogP contribution >= 0.6 is 15.9 Å². The number of nitrogens with one attached hydrogen (secondary N) is 1. The summed E-state index contributed by atoms with van der Waals surface area (Å²) in [5, 5.41) is 3.36. The standard InChI is InChI=1S/C14H15BrN2O/c1-18-14-7-3-6-13(17-14)10-16-9-11-4-2-5-12(15)8-11/h2-8,16H,9-10H2,1H3. The number of rotatable bonds is 5. The molecule has 0 fully saturated rings. The molecule has 1 N–H and O–H groups in total. The quantitative estimate of drug-likeness (QED) is 0.921. The molecule has 94 valence electrons. The highest BCUT2D eigenvalue weighted by Gasteiger charge is 1.98. The highest BCUT2D eigenvalue weighted by Crippen LogP contribution is 2.11. The number of aromatic nitrogens is 1. The lowest BCUT2D eigenvalue weighted by Crippen LogP contribution is -2.13. The number of nitrogens with zero attached hydrogens (tertiary/aromatic N) is 1. The van der Waals surface area contributed by atoms with E-state index < -0.39 is 0 Å². The van der Waals surface area contributed by atoms with Crippen molar-refractivity contribution in [3.05, 3.63) is 58.2 Å². The first-order chi connectivity index (χ1) is 8.78. The Morgan fingerprint density at radius 1 is 1.17 bits per heavy atom. The van der Waals surface area contributed by atoms with Crippen LogP contribution in [0, 0.1) is 0 Å². The van der Waals surface area contributed by atoms with Crippen LogP contribution in [0.15, 0.2) is 46.9 Å². The van der Waals surface area contributed by atoms with Gasteiger partial charge in [0, 0.05) is 23.6 Å². The van der Waals surface area contributed by atoms with Crippen molar-refractivity contribution in [2.75, 3.05) is 7.11 Å². The van der Waals surface area contributed by atoms with Crippen molar-refractivity contribution in [2.24, 2.45) is 0 Å². The van der Waals surface area contributed by atoms with Crippen LogP contribution in [0.1, 0.15) is 11.3 Å². The van der Waals surface area contributed by atoms with Crippen molar-refractivity contribution in [2.45, 2.75) is 13.1 Å². The molecule has 3 nitrogen and oxygen atoms in total. The first kappa shape index (κ1) is 13.1. The second kappa shape index (κ2) is 6.52. The van der Waals surface area contributed by atoms with E-state index >= 15 is 0 Å². The molecule has 0 radical (unpaired) electrons. The van der Waals surface area contributed by atoms with Crippen LogP contribution < -0.4 is 10.1 Å². The Labute approximate surface area is 115 Å². The summed E-state index contributed by atoms with van der Waals surface area (Å²) in [6.07, 6.45) is 0. The van der Waals surface area contributed by atoms with Gasteiger partial charge in [-0.1, -0.05) is 34.1 Å². The molecule has 18 heavy (non-hydrogen) atoms. The van der Waals surface area contributed by atoms with Gasteiger partial charge in [-0.2, -0.15) is 0 Å². The minimum absolute atomic E-state index is 0.650. The first-order valence-corrected chi connectivity index (χ1v) is 6.52. The Hall–Kier alpha value is -1.39. The number of pyridine rings is 1. The van der Waals surface area contributed by atoms with Gasteiger partial charge in [-0.25, -0.2) is 4.98 Å². The van der Waals surface area contributed by atoms with E-state index in [1.807, 2.05) is 30.3 Å². The van der Waals surface area contributed by atoms with Crippen LogP contribution in [0.2, 0.25) is 0 Å². The third-order valence-corrected chi connectivity index (χ3v) is 3.01. The molecule has 0 saturated heterocycles. The lowest BCUT2D eigenvalue weighted by molar-refractivity contribution is 0.395. The van der Waals surface area contributed by atoms with E-state index in [1.54, 1.807) is 7.11 Å². The molecule has 0 saturated carbocycles. The summed E-state index contributed by atoms with van der Waals surface area (Å²) in [6.45, 7) is 1.54. The SMILES string of the molecule is COc1cccc(CNCc2cccc(Br)c2)n1. The lowest BCUT2D eigenvalue weighted by Gasteiger charge is -2.06. The third-order valence-electron chi connectivity index (χ3n) is 2.51. The minimum atomic E-state index is 0.650. The molecule has 0 aliphatic rings. The molecule has 1 aromatic carbocycles. The zero-order valence-corrected chi connectivity index (χ0v) is 11.8. The second-order valence-electron chi connectivity index (χ2n) is 3.90. The normalized spacial score (nSPS) is 10.3. The molecule has 2 aromatic rings. The number of halogens is 1. The number of ether oxygens (including phenoxy) is 1. The first-order valence-electron chi connectivity index (χ1n) is 5.73. The van der Waals surface area contributed by atoms with Crippen molar-refractivity contribution in [1.29, 1.82) is 0 Å². The summed E-state index contributed by atoms with van der Waals surface area (Å²) >= 11 is 3.46. The molecular weight excluding hydrogens is 292 g/mol. The molecule has 1 aromatic heterocycles. The number of hydrogen-bond donors (Lipinski definition) is 1. The highest BCUT2D eigenvalue weighted by molar-refractivity contribution is 9.10. The van der Waals surface area contributed by atoms with Crippen molar-refractivity contribution >= 4 is 15.9 Å². The van der Waals surface area contributed by atoms with Gasteiger partial charge in [0.05, 0.1) is 12.8 Å². The second-order valence-corrected chi connectivity index (χ2v) is 4.82. The van der Waals surface area contributed by atoms with Crippen molar-refractivity contribution in [3.8, 4) is 5.88 Å². The van der Waals surface area contributed by atoms with E-state index in [2.05, 4.69) is 38.4 Å². The predicted molar refractivity (Wildman–Crippen MR) is 75.5 cm³/mol. The largest absolute Gasteiger partial charge is 0.481 e. The van der Waals surface area contributed by atoms with Crippen LogP contribution in [0.3, 0.4) is 0 Å². The molecule has 2 rings (SSSR count). The highest BCUT2D eigenvalue weighted by atomic mass is 79.9. The van der Waals surface area contributed by atoms with Gasteiger partial charge < -0.3 is 10.1 Å². The van der Waals surface area contributed by atoms with Gasteiger partial charge in [-0.3, -0.25) is 0 Å². The smallest absolute Gasteiger partial charge is 0.213 e. The monoisotopic (exact) mass is 306 g/mol. The molecule has 0 aliphatic carbocycles. The summed E-state index contributed by atoms with van der Waals surface area (Å²) in [4.78, 5) is 4.35. The summed E-state index contributed by atoms with van der Waals surface area (Å²) in [6, 6.07) is 14.0. The lowest BCUT2D eigenvalue weighted by atomic mass is 10.2. The van der Waals surface area contributed by atoms with Crippen molar-refractivity contribution in [1.82, 2.24) is 10.3 Å². The Bertz CT molecular complexity index is 517. The number of methoxy groups -OCH3 is 1. The average molecular weight is 307 g/mol. The zero-order valence-electron chi connectivity index (χ0n) is 10.2. The van der Waals surface area contributed by atoms with Gasteiger partial charge in [0.2, 0.25) is 5.88 Å². The third kappa shape index (κ3) is 3.82. The molecule has 0 atom stereocenters. The maximum Gasteiger partial charge on any atom is 0.213 e. The molecule has 0 amide bonds. The van der Waals surface area contributed by atoms with Crippen LogP contribution in [0.25, 0.3) is 0 Å². The van der Waals surface area contributed by atoms with E-state index in [-0.39, 0.29) is 0 Å². The van der Waals surface area contributed by atoms with E-state index in [1.165, 1.54) is 5.56 Å². The molecule has 0 unspecified atom stereocenters. The minimum Gasteiger partial charge on any atom is -0.481 e. The molecule has 0 spiro atoms. The van der Waals surface area contributed by atoms with E-state index in [9.17, 15) is 0 Å². The Morgan fingerprint density at radius 2 is 2.00 bits per heavy atom. The maximum atomic E-state index is 5.09. The maximum absolute atomic E-state index is 5.09. The van der Waals surface area contributed by atoms with Crippen LogP contribution in [0.4, 0.5) is 0 Å². The van der Waals surface area contributed by atoms with Gasteiger partial charge in [0.15, 0.2) is 0 Å². The predicted octanol–water partition coefficient (Wildman–Crippen LogP) is 3.14. The van der Waals surface area contributed by atoms with Gasteiger partial charge in [-0.15, -0.1) is 0 Å². The summed E-state index contributed by atoms with van der Waals surface area (Å²) in [5.74, 6) is 0.650. The van der Waals surface area contributed by atoms with E-state index in [0.717, 1.165) is 23.3 Å². The molecule has 1 heterocycles. The molecular formula is C14H15BrN2O. The summed E-state index contributed by atoms with van der Waals surface area (Å²) in [7, 11) is 1.63. The van der Waals surface area contributed by atoms with E-state index in [0.29, 0.717) is 5.88 Å².